The lowest BCUT2D eigenvalue weighted by atomic mass is 9.93. The van der Waals surface area contributed by atoms with Gasteiger partial charge >= 0.3 is 5.97 Å². The zero-order chi connectivity index (χ0) is 17.0. The Labute approximate surface area is 139 Å². The van der Waals surface area contributed by atoms with Crippen molar-refractivity contribution in [3.63, 3.8) is 0 Å². The molecule has 5 nitrogen and oxygen atoms in total. The lowest BCUT2D eigenvalue weighted by Gasteiger charge is -2.14. The van der Waals surface area contributed by atoms with Crippen molar-refractivity contribution >= 4 is 23.2 Å². The number of nitrogens with zero attached hydrogens (tertiary/aromatic N) is 1. The molecule has 23 heavy (non-hydrogen) atoms. The second-order valence-corrected chi connectivity index (χ2v) is 7.28. The molecule has 0 unspecified atom stereocenters. The molecule has 2 N–H and O–H groups in total. The van der Waals surface area contributed by atoms with E-state index in [9.17, 15) is 9.59 Å². The van der Waals surface area contributed by atoms with Gasteiger partial charge in [0.05, 0.1) is 24.2 Å². The summed E-state index contributed by atoms with van der Waals surface area (Å²) in [5.74, 6) is -1.15. The highest BCUT2D eigenvalue weighted by molar-refractivity contribution is 7.09. The summed E-state index contributed by atoms with van der Waals surface area (Å²) in [6.07, 6.45) is 0.151. The van der Waals surface area contributed by atoms with E-state index in [-0.39, 0.29) is 23.3 Å². The number of carboxylic acids is 1. The minimum atomic E-state index is -0.996. The summed E-state index contributed by atoms with van der Waals surface area (Å²) in [5, 5.41) is 14.7. The highest BCUT2D eigenvalue weighted by Crippen LogP contribution is 2.23. The van der Waals surface area contributed by atoms with Crippen LogP contribution in [0.25, 0.3) is 0 Å². The van der Waals surface area contributed by atoms with E-state index < -0.39 is 5.97 Å². The minimum absolute atomic E-state index is 0.00394. The molecule has 0 aliphatic rings. The molecule has 2 aromatic rings. The number of hydrogen-bond acceptors (Lipinski definition) is 4. The summed E-state index contributed by atoms with van der Waals surface area (Å²) in [5.41, 5.74) is 1.87. The van der Waals surface area contributed by atoms with E-state index in [4.69, 9.17) is 5.11 Å². The lowest BCUT2D eigenvalue weighted by Crippen LogP contribution is -2.24. The molecule has 0 atom stereocenters. The van der Waals surface area contributed by atoms with Gasteiger partial charge in [-0.25, -0.2) is 9.78 Å². The Kier molecular flexibility index (Phi) is 5.15. The first-order chi connectivity index (χ1) is 10.8. The molecule has 0 saturated heterocycles. The van der Waals surface area contributed by atoms with Crippen molar-refractivity contribution in [3.05, 3.63) is 51.5 Å². The zero-order valence-corrected chi connectivity index (χ0v) is 14.2. The van der Waals surface area contributed by atoms with Gasteiger partial charge in [-0.05, 0) is 17.7 Å². The van der Waals surface area contributed by atoms with Crippen LogP contribution in [-0.2, 0) is 23.2 Å². The first-order valence-corrected chi connectivity index (χ1v) is 8.17. The van der Waals surface area contributed by atoms with Crippen LogP contribution in [0.2, 0.25) is 0 Å². The van der Waals surface area contributed by atoms with Crippen LogP contribution in [0, 0.1) is 0 Å². The summed E-state index contributed by atoms with van der Waals surface area (Å²) < 4.78 is 0. The number of nitrogens with one attached hydrogen (secondary N) is 1. The first kappa shape index (κ1) is 17.1. The SMILES string of the molecule is CC(C)(C)c1csc(CNC(=O)Cc2cccc(C(=O)O)c2)n1. The molecule has 2 rings (SSSR count). The van der Waals surface area contributed by atoms with Gasteiger partial charge in [0.2, 0.25) is 5.91 Å². The molecule has 6 heteroatoms. The van der Waals surface area contributed by atoms with Crippen molar-refractivity contribution in [1.29, 1.82) is 0 Å². The predicted octanol–water partition coefficient (Wildman–Crippen LogP) is 3.00. The van der Waals surface area contributed by atoms with Crippen molar-refractivity contribution in [2.24, 2.45) is 0 Å². The largest absolute Gasteiger partial charge is 0.478 e. The first-order valence-electron chi connectivity index (χ1n) is 7.29. The number of carboxylic acid groups (broad SMARTS) is 1. The Hall–Kier alpha value is -2.21. The van der Waals surface area contributed by atoms with Crippen molar-refractivity contribution in [3.8, 4) is 0 Å². The lowest BCUT2D eigenvalue weighted by molar-refractivity contribution is -0.120. The van der Waals surface area contributed by atoms with Crippen LogP contribution in [0.4, 0.5) is 0 Å². The second kappa shape index (κ2) is 6.91. The fourth-order valence-corrected chi connectivity index (χ4v) is 2.93. The van der Waals surface area contributed by atoms with Gasteiger partial charge in [0.1, 0.15) is 5.01 Å². The Morgan fingerprint density at radius 3 is 2.65 bits per heavy atom. The standard InChI is InChI=1S/C17H20N2O3S/c1-17(2,3)13-10-23-15(19-13)9-18-14(20)8-11-5-4-6-12(7-11)16(21)22/h4-7,10H,8-9H2,1-3H3,(H,18,20)(H,21,22). The molecule has 0 saturated carbocycles. The summed E-state index contributed by atoms with van der Waals surface area (Å²) in [7, 11) is 0. The van der Waals surface area contributed by atoms with Gasteiger partial charge in [0, 0.05) is 10.8 Å². The Balaban J connectivity index is 1.91. The summed E-state index contributed by atoms with van der Waals surface area (Å²) >= 11 is 1.53. The second-order valence-electron chi connectivity index (χ2n) is 6.34. The Bertz CT molecular complexity index is 717. The number of thiazole rings is 1. The summed E-state index contributed by atoms with van der Waals surface area (Å²) in [6.45, 7) is 6.68. The van der Waals surface area contributed by atoms with E-state index in [0.717, 1.165) is 10.7 Å². The van der Waals surface area contributed by atoms with Gasteiger partial charge in [-0.1, -0.05) is 32.9 Å². The van der Waals surface area contributed by atoms with E-state index in [1.807, 2.05) is 5.38 Å². The maximum absolute atomic E-state index is 12.0. The topological polar surface area (TPSA) is 79.3 Å². The third kappa shape index (κ3) is 4.89. The molecule has 0 radical (unpaired) electrons. The van der Waals surface area contributed by atoms with E-state index in [1.165, 1.54) is 23.5 Å². The number of aromatic nitrogens is 1. The van der Waals surface area contributed by atoms with E-state index in [1.54, 1.807) is 12.1 Å². The number of carbonyl (C=O) groups excluding carboxylic acids is 1. The molecule has 0 aliphatic carbocycles. The summed E-state index contributed by atoms with van der Waals surface area (Å²) in [4.78, 5) is 27.4. The molecule has 1 aromatic carbocycles. The normalized spacial score (nSPS) is 11.3. The van der Waals surface area contributed by atoms with Crippen LogP contribution >= 0.6 is 11.3 Å². The molecule has 0 aliphatic heterocycles. The molecule has 1 heterocycles. The van der Waals surface area contributed by atoms with Gasteiger partial charge in [-0.3, -0.25) is 4.79 Å². The third-order valence-electron chi connectivity index (χ3n) is 3.30. The van der Waals surface area contributed by atoms with Gasteiger partial charge in [-0.15, -0.1) is 11.3 Å². The Morgan fingerprint density at radius 2 is 2.04 bits per heavy atom. The maximum atomic E-state index is 12.0. The summed E-state index contributed by atoms with van der Waals surface area (Å²) in [6, 6.07) is 6.41. The van der Waals surface area contributed by atoms with E-state index >= 15 is 0 Å². The van der Waals surface area contributed by atoms with Crippen LogP contribution in [0.1, 0.15) is 47.4 Å². The number of rotatable bonds is 5. The fraction of sp³-hybridized carbons (Fsp3) is 0.353. The number of amides is 1. The molecular formula is C17H20N2O3S. The monoisotopic (exact) mass is 332 g/mol. The highest BCUT2D eigenvalue weighted by Gasteiger charge is 2.17. The quantitative estimate of drug-likeness (QED) is 0.882. The number of hydrogen-bond donors (Lipinski definition) is 2. The van der Waals surface area contributed by atoms with Gasteiger partial charge in [0.25, 0.3) is 0 Å². The van der Waals surface area contributed by atoms with Crippen molar-refractivity contribution in [1.82, 2.24) is 10.3 Å². The third-order valence-corrected chi connectivity index (χ3v) is 4.14. The van der Waals surface area contributed by atoms with Gasteiger partial charge < -0.3 is 10.4 Å². The van der Waals surface area contributed by atoms with E-state index in [2.05, 4.69) is 31.1 Å². The average molecular weight is 332 g/mol. The molecule has 1 amide bonds. The highest BCUT2D eigenvalue weighted by atomic mass is 32.1. The molecular weight excluding hydrogens is 312 g/mol. The van der Waals surface area contributed by atoms with Crippen molar-refractivity contribution in [2.75, 3.05) is 0 Å². The van der Waals surface area contributed by atoms with Crippen molar-refractivity contribution in [2.45, 2.75) is 39.2 Å². The van der Waals surface area contributed by atoms with Gasteiger partial charge in [0.15, 0.2) is 0 Å². The van der Waals surface area contributed by atoms with Crippen LogP contribution in [0.5, 0.6) is 0 Å². The fourth-order valence-electron chi connectivity index (χ4n) is 1.97. The van der Waals surface area contributed by atoms with Crippen LogP contribution in [-0.4, -0.2) is 22.0 Å². The number of carbonyl (C=O) groups is 2. The number of aromatic carboxylic acids is 1. The smallest absolute Gasteiger partial charge is 0.335 e. The Morgan fingerprint density at radius 1 is 1.30 bits per heavy atom. The minimum Gasteiger partial charge on any atom is -0.478 e. The molecule has 122 valence electrons. The number of benzene rings is 1. The van der Waals surface area contributed by atoms with Crippen LogP contribution < -0.4 is 5.32 Å². The maximum Gasteiger partial charge on any atom is 0.335 e. The predicted molar refractivity (Wildman–Crippen MR) is 89.8 cm³/mol. The molecule has 0 fully saturated rings. The van der Waals surface area contributed by atoms with E-state index in [0.29, 0.717) is 12.1 Å². The molecule has 0 bridgehead atoms. The molecule has 1 aromatic heterocycles. The van der Waals surface area contributed by atoms with Crippen LogP contribution in [0.15, 0.2) is 29.6 Å². The van der Waals surface area contributed by atoms with Crippen molar-refractivity contribution < 1.29 is 14.7 Å². The average Bonchev–Trinajstić information content (AvgIpc) is 2.94. The van der Waals surface area contributed by atoms with Crippen LogP contribution in [0.3, 0.4) is 0 Å². The van der Waals surface area contributed by atoms with Gasteiger partial charge in [-0.2, -0.15) is 0 Å². The zero-order valence-electron chi connectivity index (χ0n) is 13.4. The molecule has 0 spiro atoms.